The summed E-state index contributed by atoms with van der Waals surface area (Å²) < 4.78 is 26.1. The van der Waals surface area contributed by atoms with Crippen LogP contribution >= 0.6 is 0 Å². The molecule has 1 heterocycles. The number of nitrogens with zero attached hydrogens (tertiary/aromatic N) is 1. The molecule has 0 aliphatic heterocycles. The normalized spacial score (nSPS) is 12.7. The first-order valence-electron chi connectivity index (χ1n) is 5.21. The third-order valence-electron chi connectivity index (χ3n) is 2.11. The summed E-state index contributed by atoms with van der Waals surface area (Å²) in [6, 6.07) is 3.14. The summed E-state index contributed by atoms with van der Waals surface area (Å²) in [7, 11) is -3.40. The van der Waals surface area contributed by atoms with Gasteiger partial charge in [-0.15, -0.1) is 0 Å². The Morgan fingerprint density at radius 1 is 1.38 bits per heavy atom. The van der Waals surface area contributed by atoms with Gasteiger partial charge in [0.25, 0.3) is 0 Å². The maximum Gasteiger partial charge on any atom is 0.242 e. The molecule has 0 saturated heterocycles. The molecule has 0 bridgehead atoms. The third-order valence-corrected chi connectivity index (χ3v) is 3.56. The molecule has 0 radical (unpaired) electrons. The smallest absolute Gasteiger partial charge is 0.242 e. The molecular weight excluding hydrogens is 224 g/mol. The summed E-state index contributed by atoms with van der Waals surface area (Å²) >= 11 is 0. The minimum absolute atomic E-state index is 0.122. The van der Waals surface area contributed by atoms with Crippen molar-refractivity contribution in [2.45, 2.75) is 32.1 Å². The van der Waals surface area contributed by atoms with E-state index in [0.29, 0.717) is 6.54 Å². The molecule has 0 amide bonds. The predicted octanol–water partition coefficient (Wildman–Crippen LogP) is 1.80. The van der Waals surface area contributed by atoms with E-state index < -0.39 is 10.0 Å². The molecule has 4 nitrogen and oxygen atoms in total. The Morgan fingerprint density at radius 2 is 2.06 bits per heavy atom. The second kappa shape index (κ2) is 4.93. The second-order valence-electron chi connectivity index (χ2n) is 4.90. The standard InChI is InChI=1S/C11H18N2O2S/c1-11(2,3)6-8-13-16(14,15)10-5-4-7-12-9-10/h4-5,7,9,13H,6,8H2,1-3H3. The lowest BCUT2D eigenvalue weighted by atomic mass is 9.93. The Hall–Kier alpha value is -0.940. The first-order chi connectivity index (χ1) is 7.31. The van der Waals surface area contributed by atoms with E-state index in [4.69, 9.17) is 0 Å². The van der Waals surface area contributed by atoms with Crippen molar-refractivity contribution in [3.8, 4) is 0 Å². The molecule has 90 valence electrons. The van der Waals surface area contributed by atoms with Crippen molar-refractivity contribution in [2.24, 2.45) is 5.41 Å². The van der Waals surface area contributed by atoms with Crippen molar-refractivity contribution in [1.29, 1.82) is 0 Å². The number of hydrogen-bond acceptors (Lipinski definition) is 3. The van der Waals surface area contributed by atoms with E-state index in [1.165, 1.54) is 12.3 Å². The van der Waals surface area contributed by atoms with Crippen LogP contribution in [0.5, 0.6) is 0 Å². The van der Waals surface area contributed by atoms with Crippen LogP contribution in [0, 0.1) is 5.41 Å². The first-order valence-corrected chi connectivity index (χ1v) is 6.69. The molecule has 0 unspecified atom stereocenters. The Balaban J connectivity index is 2.61. The lowest BCUT2D eigenvalue weighted by Gasteiger charge is -2.17. The fourth-order valence-electron chi connectivity index (χ4n) is 1.15. The zero-order chi connectivity index (χ0) is 12.2. The molecular formula is C11H18N2O2S. The number of nitrogens with one attached hydrogen (secondary N) is 1. The van der Waals surface area contributed by atoms with E-state index in [9.17, 15) is 8.42 Å². The number of pyridine rings is 1. The average Bonchev–Trinajstić information content (AvgIpc) is 2.17. The van der Waals surface area contributed by atoms with Crippen LogP contribution in [0.4, 0.5) is 0 Å². The van der Waals surface area contributed by atoms with Gasteiger partial charge in [-0.1, -0.05) is 20.8 Å². The predicted molar refractivity (Wildman–Crippen MR) is 63.5 cm³/mol. The van der Waals surface area contributed by atoms with Gasteiger partial charge >= 0.3 is 0 Å². The van der Waals surface area contributed by atoms with Crippen molar-refractivity contribution in [3.63, 3.8) is 0 Å². The fraction of sp³-hybridized carbons (Fsp3) is 0.545. The molecule has 0 aliphatic rings. The third kappa shape index (κ3) is 4.28. The number of aromatic nitrogens is 1. The maximum atomic E-state index is 11.8. The minimum Gasteiger partial charge on any atom is -0.263 e. The lowest BCUT2D eigenvalue weighted by Crippen LogP contribution is -2.27. The van der Waals surface area contributed by atoms with Crippen LogP contribution in [0.25, 0.3) is 0 Å². The van der Waals surface area contributed by atoms with Crippen LogP contribution in [0.15, 0.2) is 29.4 Å². The van der Waals surface area contributed by atoms with E-state index in [1.54, 1.807) is 12.3 Å². The van der Waals surface area contributed by atoms with E-state index in [2.05, 4.69) is 30.5 Å². The Kier molecular flexibility index (Phi) is 4.04. The molecule has 0 spiro atoms. The van der Waals surface area contributed by atoms with Crippen molar-refractivity contribution in [3.05, 3.63) is 24.5 Å². The van der Waals surface area contributed by atoms with Gasteiger partial charge in [-0.3, -0.25) is 4.98 Å². The molecule has 0 aliphatic carbocycles. The van der Waals surface area contributed by atoms with E-state index in [1.807, 2.05) is 0 Å². The molecule has 1 aromatic rings. The number of rotatable bonds is 4. The van der Waals surface area contributed by atoms with Crippen LogP contribution < -0.4 is 4.72 Å². The van der Waals surface area contributed by atoms with Gasteiger partial charge in [0.05, 0.1) is 0 Å². The number of sulfonamides is 1. The van der Waals surface area contributed by atoms with Crippen LogP contribution in [0.3, 0.4) is 0 Å². The van der Waals surface area contributed by atoms with Gasteiger partial charge in [-0.05, 0) is 24.0 Å². The van der Waals surface area contributed by atoms with E-state index >= 15 is 0 Å². The summed E-state index contributed by atoms with van der Waals surface area (Å²) in [5.74, 6) is 0. The van der Waals surface area contributed by atoms with Crippen LogP contribution in [0.1, 0.15) is 27.2 Å². The highest BCUT2D eigenvalue weighted by Crippen LogP contribution is 2.17. The zero-order valence-electron chi connectivity index (χ0n) is 9.90. The monoisotopic (exact) mass is 242 g/mol. The summed E-state index contributed by atoms with van der Waals surface area (Å²) in [6.07, 6.45) is 3.69. The molecule has 1 aromatic heterocycles. The Morgan fingerprint density at radius 3 is 2.56 bits per heavy atom. The summed E-state index contributed by atoms with van der Waals surface area (Å²) in [5, 5.41) is 0. The van der Waals surface area contributed by atoms with Gasteiger partial charge in [0.15, 0.2) is 0 Å². The van der Waals surface area contributed by atoms with Crippen molar-refractivity contribution < 1.29 is 8.42 Å². The van der Waals surface area contributed by atoms with Gasteiger partial charge in [-0.2, -0.15) is 0 Å². The molecule has 5 heteroatoms. The highest BCUT2D eigenvalue weighted by atomic mass is 32.2. The fourth-order valence-corrected chi connectivity index (χ4v) is 2.14. The van der Waals surface area contributed by atoms with Crippen molar-refractivity contribution >= 4 is 10.0 Å². The number of hydrogen-bond donors (Lipinski definition) is 1. The molecule has 0 atom stereocenters. The molecule has 1 N–H and O–H groups in total. The Bertz CT molecular complexity index is 421. The molecule has 16 heavy (non-hydrogen) atoms. The first kappa shape index (κ1) is 13.1. The largest absolute Gasteiger partial charge is 0.263 e. The van der Waals surface area contributed by atoms with Gasteiger partial charge in [0, 0.05) is 18.9 Å². The summed E-state index contributed by atoms with van der Waals surface area (Å²) in [5.41, 5.74) is 0.122. The summed E-state index contributed by atoms with van der Waals surface area (Å²) in [4.78, 5) is 4.00. The molecule has 0 aromatic carbocycles. The lowest BCUT2D eigenvalue weighted by molar-refractivity contribution is 0.378. The van der Waals surface area contributed by atoms with Gasteiger partial charge < -0.3 is 0 Å². The SMILES string of the molecule is CC(C)(C)CCNS(=O)(=O)c1cccnc1. The van der Waals surface area contributed by atoms with Gasteiger partial charge in [0.2, 0.25) is 10.0 Å². The zero-order valence-corrected chi connectivity index (χ0v) is 10.7. The highest BCUT2D eigenvalue weighted by molar-refractivity contribution is 7.89. The average molecular weight is 242 g/mol. The van der Waals surface area contributed by atoms with E-state index in [-0.39, 0.29) is 10.3 Å². The topological polar surface area (TPSA) is 59.1 Å². The minimum atomic E-state index is -3.40. The van der Waals surface area contributed by atoms with Crippen LogP contribution in [0.2, 0.25) is 0 Å². The highest BCUT2D eigenvalue weighted by Gasteiger charge is 2.15. The quantitative estimate of drug-likeness (QED) is 0.875. The Labute approximate surface area is 97.2 Å². The molecule has 1 rings (SSSR count). The van der Waals surface area contributed by atoms with Crippen molar-refractivity contribution in [1.82, 2.24) is 9.71 Å². The molecule has 0 saturated carbocycles. The molecule has 0 fully saturated rings. The van der Waals surface area contributed by atoms with Crippen LogP contribution in [-0.4, -0.2) is 19.9 Å². The van der Waals surface area contributed by atoms with Crippen molar-refractivity contribution in [2.75, 3.05) is 6.54 Å². The summed E-state index contributed by atoms with van der Waals surface area (Å²) in [6.45, 7) is 6.67. The van der Waals surface area contributed by atoms with E-state index in [0.717, 1.165) is 6.42 Å². The maximum absolute atomic E-state index is 11.8. The van der Waals surface area contributed by atoms with Gasteiger partial charge in [-0.25, -0.2) is 13.1 Å². The van der Waals surface area contributed by atoms with Gasteiger partial charge in [0.1, 0.15) is 4.90 Å². The van der Waals surface area contributed by atoms with Crippen LogP contribution in [-0.2, 0) is 10.0 Å². The second-order valence-corrected chi connectivity index (χ2v) is 6.66.